The average molecular weight is 190 g/mol. The van der Waals surface area contributed by atoms with E-state index in [9.17, 15) is 4.21 Å². The molecule has 0 spiro atoms. The van der Waals surface area contributed by atoms with E-state index in [-0.39, 0.29) is 0 Å². The molecule has 0 aromatic rings. The van der Waals surface area contributed by atoms with Gasteiger partial charge in [-0.3, -0.25) is 4.78 Å². The van der Waals surface area contributed by atoms with Gasteiger partial charge in [0.05, 0.1) is 0 Å². The maximum Gasteiger partial charge on any atom is 0.0469 e. The molecule has 0 aliphatic carbocycles. The van der Waals surface area contributed by atoms with Crippen molar-refractivity contribution in [3.05, 3.63) is 0 Å². The topological polar surface area (TPSA) is 53.0 Å². The Morgan fingerprint density at radius 2 is 2.33 bits per heavy atom. The lowest BCUT2D eigenvalue weighted by Crippen LogP contribution is -2.32. The number of hydrogen-bond donors (Lipinski definition) is 2. The fourth-order valence-corrected chi connectivity index (χ4v) is 3.15. The second-order valence-electron chi connectivity index (χ2n) is 3.97. The van der Waals surface area contributed by atoms with Crippen molar-refractivity contribution >= 4 is 9.73 Å². The Kier molecular flexibility index (Phi) is 3.12. The van der Waals surface area contributed by atoms with E-state index in [1.807, 2.05) is 0 Å². The van der Waals surface area contributed by atoms with Gasteiger partial charge in [0.15, 0.2) is 0 Å². The first kappa shape index (κ1) is 9.99. The van der Waals surface area contributed by atoms with Crippen molar-refractivity contribution in [2.24, 2.45) is 5.92 Å². The summed E-state index contributed by atoms with van der Waals surface area (Å²) in [5.74, 6) is 1.77. The zero-order chi connectivity index (χ0) is 9.19. The lowest BCUT2D eigenvalue weighted by Gasteiger charge is -2.12. The van der Waals surface area contributed by atoms with Crippen LogP contribution in [0.25, 0.3) is 0 Å². The third-order valence-corrected chi connectivity index (χ3v) is 3.92. The van der Waals surface area contributed by atoms with Crippen molar-refractivity contribution in [3.63, 3.8) is 0 Å². The Bertz CT molecular complexity index is 233. The minimum absolute atomic E-state index is 0.331. The molecule has 0 bridgehead atoms. The second-order valence-corrected chi connectivity index (χ2v) is 6.34. The summed E-state index contributed by atoms with van der Waals surface area (Å²) in [6.07, 6.45) is 0.912. The molecule has 0 radical (unpaired) electrons. The van der Waals surface area contributed by atoms with Gasteiger partial charge in [0.25, 0.3) is 0 Å². The molecule has 1 aliphatic rings. The maximum atomic E-state index is 11.3. The van der Waals surface area contributed by atoms with Crippen LogP contribution in [0.1, 0.15) is 20.3 Å². The number of nitrogens with one attached hydrogen (secondary N) is 2. The van der Waals surface area contributed by atoms with Gasteiger partial charge in [-0.05, 0) is 18.9 Å². The summed E-state index contributed by atoms with van der Waals surface area (Å²) in [4.78, 5) is 0. The highest BCUT2D eigenvalue weighted by molar-refractivity contribution is 7.92. The van der Waals surface area contributed by atoms with Crippen molar-refractivity contribution in [1.29, 1.82) is 4.78 Å². The first-order valence-corrected chi connectivity index (χ1v) is 6.37. The van der Waals surface area contributed by atoms with Crippen LogP contribution in [0.4, 0.5) is 0 Å². The molecule has 3 nitrogen and oxygen atoms in total. The lowest BCUT2D eigenvalue weighted by atomic mass is 10.2. The Hall–Kier alpha value is -0.0900. The van der Waals surface area contributed by atoms with Crippen LogP contribution in [0.2, 0.25) is 0 Å². The monoisotopic (exact) mass is 190 g/mol. The van der Waals surface area contributed by atoms with Crippen molar-refractivity contribution < 1.29 is 4.21 Å². The van der Waals surface area contributed by atoms with E-state index in [1.165, 1.54) is 0 Å². The van der Waals surface area contributed by atoms with Crippen LogP contribution < -0.4 is 5.32 Å². The van der Waals surface area contributed by atoms with Gasteiger partial charge < -0.3 is 5.32 Å². The van der Waals surface area contributed by atoms with Crippen LogP contribution in [0.3, 0.4) is 0 Å². The molecule has 1 rings (SSSR count). The molecule has 1 aliphatic heterocycles. The van der Waals surface area contributed by atoms with Gasteiger partial charge >= 0.3 is 0 Å². The summed E-state index contributed by atoms with van der Waals surface area (Å²) in [6.45, 7) is 5.28. The van der Waals surface area contributed by atoms with Gasteiger partial charge in [-0.1, -0.05) is 13.8 Å². The average Bonchev–Trinajstić information content (AvgIpc) is 2.26. The van der Waals surface area contributed by atoms with Crippen LogP contribution in [-0.4, -0.2) is 28.3 Å². The molecule has 12 heavy (non-hydrogen) atoms. The third kappa shape index (κ3) is 3.11. The van der Waals surface area contributed by atoms with Crippen molar-refractivity contribution in [2.45, 2.75) is 26.3 Å². The minimum atomic E-state index is -2.21. The smallest absolute Gasteiger partial charge is 0.0469 e. The van der Waals surface area contributed by atoms with E-state index < -0.39 is 9.73 Å². The molecule has 2 N–H and O–H groups in total. The van der Waals surface area contributed by atoms with Gasteiger partial charge in [0.2, 0.25) is 0 Å². The Balaban J connectivity index is 2.29. The predicted molar refractivity (Wildman–Crippen MR) is 51.8 cm³/mol. The molecule has 0 unspecified atom stereocenters. The molecule has 72 valence electrons. The summed E-state index contributed by atoms with van der Waals surface area (Å²) < 4.78 is 18.7. The zero-order valence-electron chi connectivity index (χ0n) is 7.80. The summed E-state index contributed by atoms with van der Waals surface area (Å²) >= 11 is 0. The van der Waals surface area contributed by atoms with Crippen LogP contribution in [0.15, 0.2) is 0 Å². The highest BCUT2D eigenvalue weighted by Gasteiger charge is 2.24. The fourth-order valence-electron chi connectivity index (χ4n) is 1.39. The largest absolute Gasteiger partial charge is 0.313 e. The van der Waals surface area contributed by atoms with Crippen molar-refractivity contribution in [3.8, 4) is 0 Å². The van der Waals surface area contributed by atoms with E-state index in [4.69, 9.17) is 4.78 Å². The van der Waals surface area contributed by atoms with E-state index in [1.54, 1.807) is 0 Å². The van der Waals surface area contributed by atoms with Crippen LogP contribution in [0, 0.1) is 10.7 Å². The van der Waals surface area contributed by atoms with Crippen LogP contribution in [-0.2, 0) is 9.73 Å². The maximum absolute atomic E-state index is 11.3. The fraction of sp³-hybridized carbons (Fsp3) is 1.00. The molecular formula is C8H18N2OS. The summed E-state index contributed by atoms with van der Waals surface area (Å²) in [5.41, 5.74) is 0. The molecule has 0 amide bonds. The summed E-state index contributed by atoms with van der Waals surface area (Å²) in [6, 6.07) is 0.331. The van der Waals surface area contributed by atoms with Gasteiger partial charge in [0.1, 0.15) is 0 Å². The molecular weight excluding hydrogens is 172 g/mol. The number of hydrogen-bond acceptors (Lipinski definition) is 3. The molecule has 4 heteroatoms. The standard InChI is InChI=1S/C8H18N2OS/c1-7(2)5-10-8-3-4-12(9,11)6-8/h7-10H,3-6H2,1-2H3/t8-,12+/m0/s1. The van der Waals surface area contributed by atoms with Gasteiger partial charge in [-0.2, -0.15) is 0 Å². The summed E-state index contributed by atoms with van der Waals surface area (Å²) in [7, 11) is -2.21. The lowest BCUT2D eigenvalue weighted by molar-refractivity contribution is 0.489. The van der Waals surface area contributed by atoms with Gasteiger partial charge in [0, 0.05) is 27.3 Å². The molecule has 0 aromatic heterocycles. The Morgan fingerprint density at radius 3 is 2.75 bits per heavy atom. The van der Waals surface area contributed by atoms with E-state index in [0.717, 1.165) is 13.0 Å². The SMILES string of the molecule is CC(C)CN[C@H]1CC[S@@](=N)(=O)C1. The van der Waals surface area contributed by atoms with E-state index in [2.05, 4.69) is 19.2 Å². The van der Waals surface area contributed by atoms with Gasteiger partial charge in [-0.25, -0.2) is 4.21 Å². The third-order valence-electron chi connectivity index (χ3n) is 2.08. The predicted octanol–water partition coefficient (Wildman–Crippen LogP) is 1.05. The zero-order valence-corrected chi connectivity index (χ0v) is 8.62. The van der Waals surface area contributed by atoms with E-state index >= 15 is 0 Å². The molecule has 1 heterocycles. The Labute approximate surface area is 74.9 Å². The molecule has 0 saturated carbocycles. The first-order chi connectivity index (χ1) is 5.49. The highest BCUT2D eigenvalue weighted by atomic mass is 32.2. The quantitative estimate of drug-likeness (QED) is 0.699. The molecule has 1 fully saturated rings. The van der Waals surface area contributed by atoms with Gasteiger partial charge in [-0.15, -0.1) is 0 Å². The second kappa shape index (κ2) is 3.75. The number of rotatable bonds is 3. The van der Waals surface area contributed by atoms with Crippen LogP contribution >= 0.6 is 0 Å². The van der Waals surface area contributed by atoms with Crippen molar-refractivity contribution in [2.75, 3.05) is 18.1 Å². The molecule has 1 saturated heterocycles. The van der Waals surface area contributed by atoms with Crippen molar-refractivity contribution in [1.82, 2.24) is 5.32 Å². The minimum Gasteiger partial charge on any atom is -0.313 e. The molecule has 0 aromatic carbocycles. The van der Waals surface area contributed by atoms with E-state index in [0.29, 0.717) is 23.5 Å². The first-order valence-electron chi connectivity index (χ1n) is 4.47. The highest BCUT2D eigenvalue weighted by Crippen LogP contribution is 2.12. The van der Waals surface area contributed by atoms with Crippen LogP contribution in [0.5, 0.6) is 0 Å². The normalized spacial score (nSPS) is 36.1. The summed E-state index contributed by atoms with van der Waals surface area (Å²) in [5, 5.41) is 3.34. The Morgan fingerprint density at radius 1 is 1.67 bits per heavy atom. The molecule has 2 atom stereocenters.